The molecule has 2 aromatic rings. The Morgan fingerprint density at radius 3 is 1.84 bits per heavy atom. The van der Waals surface area contributed by atoms with Gasteiger partial charge in [0.15, 0.2) is 0 Å². The van der Waals surface area contributed by atoms with Crippen LogP contribution in [0, 0.1) is 0 Å². The van der Waals surface area contributed by atoms with Gasteiger partial charge in [-0.15, -0.1) is 4.67 Å². The Morgan fingerprint density at radius 1 is 0.800 bits per heavy atom. The smallest absolute Gasteiger partial charge is 0.395 e. The summed E-state index contributed by atoms with van der Waals surface area (Å²) in [4.78, 5) is 6.55. The zero-order valence-corrected chi connectivity index (χ0v) is 15.2. The van der Waals surface area contributed by atoms with Crippen molar-refractivity contribution in [2.24, 2.45) is 0 Å². The monoisotopic (exact) mass is 402 g/mol. The summed E-state index contributed by atoms with van der Waals surface area (Å²) >= 11 is 1.55. The predicted octanol–water partition coefficient (Wildman–Crippen LogP) is 4.82. The fourth-order valence-electron chi connectivity index (χ4n) is 2.05. The van der Waals surface area contributed by atoms with Crippen molar-refractivity contribution < 1.29 is 36.6 Å². The molecular weight excluding hydrogens is 390 g/mol. The van der Waals surface area contributed by atoms with Crippen molar-refractivity contribution in [1.29, 1.82) is 0 Å². The summed E-state index contributed by atoms with van der Waals surface area (Å²) in [6.45, 7) is 0.0256. The van der Waals surface area contributed by atoms with Crippen molar-refractivity contribution >= 4 is 27.4 Å². The van der Waals surface area contributed by atoms with E-state index in [0.717, 1.165) is 9.79 Å². The van der Waals surface area contributed by atoms with Gasteiger partial charge in [-0.2, -0.15) is 4.31 Å². The van der Waals surface area contributed by atoms with Crippen LogP contribution in [0.2, 0.25) is 0 Å². The van der Waals surface area contributed by atoms with Crippen LogP contribution in [0.15, 0.2) is 58.3 Å². The highest BCUT2D eigenvalue weighted by atomic mass is 32.2. The van der Waals surface area contributed by atoms with Crippen LogP contribution < -0.4 is 9.05 Å². The zero-order valence-electron chi connectivity index (χ0n) is 12.6. The minimum atomic E-state index is -4.39. The topological polar surface area (TPSA) is 89.5 Å². The lowest BCUT2D eigenvalue weighted by atomic mass is 10.3. The summed E-state index contributed by atoms with van der Waals surface area (Å²) in [6.07, 6.45) is 0. The Morgan fingerprint density at radius 2 is 1.36 bits per heavy atom. The van der Waals surface area contributed by atoms with Crippen LogP contribution in [-0.4, -0.2) is 13.2 Å². The molecule has 5 aliphatic rings. The Labute approximate surface area is 147 Å². The molecule has 4 bridgehead atoms. The molecule has 0 aromatic heterocycles. The Balaban J connectivity index is 1.71. The Bertz CT molecular complexity index is 793. The normalized spacial score (nSPS) is 24.6. The maximum atomic E-state index is 13.1. The second-order valence-electron chi connectivity index (χ2n) is 4.93. The molecule has 5 heterocycles. The summed E-state index contributed by atoms with van der Waals surface area (Å²) in [7, 11) is -8.64. The van der Waals surface area contributed by atoms with Gasteiger partial charge in [0, 0.05) is 9.79 Å². The molecule has 25 heavy (non-hydrogen) atoms. The second-order valence-corrected chi connectivity index (χ2v) is 9.29. The molecule has 0 amide bonds. The summed E-state index contributed by atoms with van der Waals surface area (Å²) in [6, 6.07) is 13.6. The Hall–Kier alpha value is -1.31. The van der Waals surface area contributed by atoms with Gasteiger partial charge in [0.25, 0.3) is 0 Å². The van der Waals surface area contributed by atoms with E-state index in [-0.39, 0.29) is 24.7 Å². The minimum Gasteiger partial charge on any atom is -0.395 e. The van der Waals surface area contributed by atoms with Crippen LogP contribution in [-0.2, 0) is 27.5 Å². The summed E-state index contributed by atoms with van der Waals surface area (Å²) in [5, 5.41) is 0. The fraction of sp³-hybridized carbons (Fsp3) is 0.143. The lowest BCUT2D eigenvalue weighted by Gasteiger charge is -2.25. The Kier molecular flexibility index (Phi) is 4.64. The largest absolute Gasteiger partial charge is 0.596 e. The van der Waals surface area contributed by atoms with Crippen LogP contribution >= 0.6 is 27.4 Å². The van der Waals surface area contributed by atoms with Gasteiger partial charge < -0.3 is 9.05 Å². The lowest BCUT2D eigenvalue weighted by Crippen LogP contribution is -2.14. The maximum absolute atomic E-state index is 13.1. The first kappa shape index (κ1) is 17.1. The number of hydrogen-bond donors (Lipinski definition) is 0. The van der Waals surface area contributed by atoms with Gasteiger partial charge in [-0.3, -0.25) is 4.52 Å². The van der Waals surface area contributed by atoms with Gasteiger partial charge in [-0.25, -0.2) is 14.0 Å². The highest BCUT2D eigenvalue weighted by molar-refractivity contribution is 7.99. The van der Waals surface area contributed by atoms with Crippen LogP contribution in [0.4, 0.5) is 0 Å². The quantitative estimate of drug-likeness (QED) is 0.518. The SMILES string of the molecule is O=P1(OP2(=O)Oc3ccc(cc3)Sc3ccc(cc3)O2)OCCOO1. The molecule has 1 fully saturated rings. The summed E-state index contributed by atoms with van der Waals surface area (Å²) < 4.78 is 50.6. The van der Waals surface area contributed by atoms with Gasteiger partial charge in [0.2, 0.25) is 0 Å². The predicted molar refractivity (Wildman–Crippen MR) is 87.6 cm³/mol. The molecule has 1 atom stereocenters. The second kappa shape index (κ2) is 6.78. The molecule has 11 heteroatoms. The zero-order chi connectivity index (χ0) is 17.3. The summed E-state index contributed by atoms with van der Waals surface area (Å²) in [5.74, 6) is 0.430. The van der Waals surface area contributed by atoms with Gasteiger partial charge in [-0.1, -0.05) is 11.8 Å². The number of benzene rings is 2. The lowest BCUT2D eigenvalue weighted by molar-refractivity contribution is -0.249. The van der Waals surface area contributed by atoms with Crippen molar-refractivity contribution in [2.45, 2.75) is 9.79 Å². The van der Waals surface area contributed by atoms with E-state index in [0.29, 0.717) is 0 Å². The van der Waals surface area contributed by atoms with Gasteiger partial charge in [0.1, 0.15) is 18.1 Å². The van der Waals surface area contributed by atoms with Crippen LogP contribution in [0.5, 0.6) is 11.5 Å². The van der Waals surface area contributed by atoms with E-state index < -0.39 is 15.6 Å². The maximum Gasteiger partial charge on any atom is 0.596 e. The third-order valence-corrected chi connectivity index (χ3v) is 7.35. The van der Waals surface area contributed by atoms with Crippen molar-refractivity contribution in [3.63, 3.8) is 0 Å². The number of phosphoric acid groups is 2. The van der Waals surface area contributed by atoms with Crippen molar-refractivity contribution in [3.05, 3.63) is 48.5 Å². The molecule has 0 aliphatic carbocycles. The van der Waals surface area contributed by atoms with E-state index in [1.54, 1.807) is 60.3 Å². The number of rotatable bonds is 2. The van der Waals surface area contributed by atoms with Crippen LogP contribution in [0.3, 0.4) is 0 Å². The van der Waals surface area contributed by atoms with E-state index >= 15 is 0 Å². The third kappa shape index (κ3) is 4.10. The van der Waals surface area contributed by atoms with E-state index in [9.17, 15) is 9.13 Å². The van der Waals surface area contributed by atoms with E-state index in [2.05, 4.69) is 9.56 Å². The molecule has 0 saturated carbocycles. The molecule has 5 aliphatic heterocycles. The average molecular weight is 402 g/mol. The van der Waals surface area contributed by atoms with E-state index in [1.165, 1.54) is 0 Å². The molecule has 2 aromatic carbocycles. The molecule has 1 saturated heterocycles. The fourth-order valence-corrected chi connectivity index (χ4v) is 5.75. The molecule has 0 N–H and O–H groups in total. The average Bonchev–Trinajstić information content (AvgIpc) is 2.57. The molecule has 0 spiro atoms. The standard InChI is InChI=1S/C14H12O8P2S/c15-23(18-10-9-17-21-23)22-24(16)19-11-1-5-13(6-2-11)25-14-7-3-12(20-24)4-8-14/h1-8H,9-10H2. The highest BCUT2D eigenvalue weighted by Crippen LogP contribution is 2.66. The third-order valence-electron chi connectivity index (χ3n) is 3.08. The molecule has 8 nitrogen and oxygen atoms in total. The van der Waals surface area contributed by atoms with Crippen molar-refractivity contribution in [3.8, 4) is 11.5 Å². The molecular formula is C14H12O8P2S. The van der Waals surface area contributed by atoms with Crippen LogP contribution in [0.1, 0.15) is 0 Å². The van der Waals surface area contributed by atoms with Crippen molar-refractivity contribution in [2.75, 3.05) is 13.2 Å². The first-order valence-electron chi connectivity index (χ1n) is 7.16. The molecule has 7 rings (SSSR count). The molecule has 1 unspecified atom stereocenters. The van der Waals surface area contributed by atoms with Gasteiger partial charge in [0.05, 0.1) is 6.61 Å². The first-order chi connectivity index (χ1) is 12.0. The van der Waals surface area contributed by atoms with Gasteiger partial charge in [-0.05, 0) is 48.5 Å². The van der Waals surface area contributed by atoms with Crippen LogP contribution in [0.25, 0.3) is 0 Å². The van der Waals surface area contributed by atoms with E-state index in [4.69, 9.17) is 17.9 Å². The first-order valence-corrected chi connectivity index (χ1v) is 10.9. The molecule has 0 radical (unpaired) electrons. The molecule has 132 valence electrons. The highest BCUT2D eigenvalue weighted by Gasteiger charge is 2.46. The number of phosphoric ester groups is 1. The van der Waals surface area contributed by atoms with Crippen molar-refractivity contribution in [1.82, 2.24) is 0 Å². The minimum absolute atomic E-state index is 0.0438. The number of hydrogen-bond acceptors (Lipinski definition) is 9. The summed E-state index contributed by atoms with van der Waals surface area (Å²) in [5.41, 5.74) is 0. The van der Waals surface area contributed by atoms with E-state index in [1.807, 2.05) is 0 Å². The van der Waals surface area contributed by atoms with Gasteiger partial charge >= 0.3 is 15.6 Å².